The van der Waals surface area contributed by atoms with Crippen molar-refractivity contribution in [2.24, 2.45) is 0 Å². The van der Waals surface area contributed by atoms with Crippen molar-refractivity contribution in [1.29, 1.82) is 5.26 Å². The third-order valence-electron chi connectivity index (χ3n) is 4.61. The van der Waals surface area contributed by atoms with Gasteiger partial charge in [0.2, 0.25) is 0 Å². The van der Waals surface area contributed by atoms with Gasteiger partial charge >= 0.3 is 5.97 Å². The Morgan fingerprint density at radius 3 is 2.60 bits per heavy atom. The third kappa shape index (κ3) is 3.69. The lowest BCUT2D eigenvalue weighted by Crippen LogP contribution is -2.06. The van der Waals surface area contributed by atoms with E-state index in [0.717, 1.165) is 24.2 Å². The number of unbranched alkanes of at least 4 members (excludes halogenated alkanes) is 1. The number of carbonyl (C=O) groups is 1. The SMILES string of the molecule is CCCCOC(=O)c1sc2nc(N)c(C#N)c(-c3ccc(OC)c(OC)c3)c2c1N. The van der Waals surface area contributed by atoms with E-state index in [1.807, 2.05) is 6.92 Å². The van der Waals surface area contributed by atoms with E-state index >= 15 is 0 Å². The highest BCUT2D eigenvalue weighted by molar-refractivity contribution is 7.21. The molecular weight excluding hydrogens is 404 g/mol. The van der Waals surface area contributed by atoms with Crippen LogP contribution in [0.3, 0.4) is 0 Å². The minimum atomic E-state index is -0.515. The fourth-order valence-corrected chi connectivity index (χ4v) is 4.10. The van der Waals surface area contributed by atoms with Crippen LogP contribution in [0.15, 0.2) is 18.2 Å². The summed E-state index contributed by atoms with van der Waals surface area (Å²) in [5.74, 6) is 0.563. The Balaban J connectivity index is 2.25. The van der Waals surface area contributed by atoms with Crippen LogP contribution >= 0.6 is 11.3 Å². The molecule has 3 aromatic rings. The molecule has 30 heavy (non-hydrogen) atoms. The molecule has 1 aromatic carbocycles. The fraction of sp³-hybridized carbons (Fsp3) is 0.286. The first kappa shape index (κ1) is 21.2. The number of aromatic nitrogens is 1. The van der Waals surface area contributed by atoms with E-state index in [2.05, 4.69) is 11.1 Å². The van der Waals surface area contributed by atoms with Gasteiger partial charge in [-0.25, -0.2) is 9.78 Å². The molecule has 0 spiro atoms. The molecule has 0 aliphatic carbocycles. The normalized spacial score (nSPS) is 10.6. The number of pyridine rings is 1. The van der Waals surface area contributed by atoms with Crippen molar-refractivity contribution in [3.8, 4) is 28.7 Å². The highest BCUT2D eigenvalue weighted by Crippen LogP contribution is 2.44. The number of hydrogen-bond donors (Lipinski definition) is 2. The molecule has 2 heterocycles. The number of anilines is 2. The number of esters is 1. The summed E-state index contributed by atoms with van der Waals surface area (Å²) in [6, 6.07) is 7.32. The molecule has 2 aromatic heterocycles. The molecule has 0 fully saturated rings. The van der Waals surface area contributed by atoms with Crippen molar-refractivity contribution in [3.63, 3.8) is 0 Å². The van der Waals surface area contributed by atoms with Gasteiger partial charge in [-0.2, -0.15) is 5.26 Å². The molecule has 0 aliphatic heterocycles. The van der Waals surface area contributed by atoms with Crippen molar-refractivity contribution < 1.29 is 19.0 Å². The molecular formula is C21H22N4O4S. The van der Waals surface area contributed by atoms with Crippen molar-refractivity contribution in [2.75, 3.05) is 32.3 Å². The van der Waals surface area contributed by atoms with Crippen molar-refractivity contribution in [3.05, 3.63) is 28.6 Å². The first-order valence-corrected chi connectivity index (χ1v) is 10.1. The summed E-state index contributed by atoms with van der Waals surface area (Å²) in [6.07, 6.45) is 1.67. The van der Waals surface area contributed by atoms with Gasteiger partial charge in [-0.3, -0.25) is 0 Å². The van der Waals surface area contributed by atoms with Crippen molar-refractivity contribution in [2.45, 2.75) is 19.8 Å². The zero-order chi connectivity index (χ0) is 21.8. The maximum atomic E-state index is 12.5. The summed E-state index contributed by atoms with van der Waals surface area (Å²) in [5, 5.41) is 10.2. The Hall–Kier alpha value is -3.51. The molecule has 8 nitrogen and oxygen atoms in total. The van der Waals surface area contributed by atoms with Gasteiger partial charge in [0.05, 0.1) is 26.5 Å². The summed E-state index contributed by atoms with van der Waals surface area (Å²) in [6.45, 7) is 2.32. The lowest BCUT2D eigenvalue weighted by atomic mass is 9.97. The van der Waals surface area contributed by atoms with Crippen LogP contribution in [0.2, 0.25) is 0 Å². The maximum absolute atomic E-state index is 12.5. The van der Waals surface area contributed by atoms with Crippen LogP contribution in [0.5, 0.6) is 11.5 Å². The van der Waals surface area contributed by atoms with Crippen molar-refractivity contribution >= 4 is 39.0 Å². The molecule has 156 valence electrons. The summed E-state index contributed by atoms with van der Waals surface area (Å²) >= 11 is 1.09. The number of methoxy groups -OCH3 is 2. The third-order valence-corrected chi connectivity index (χ3v) is 5.68. The van der Waals surface area contributed by atoms with Gasteiger partial charge < -0.3 is 25.7 Å². The minimum absolute atomic E-state index is 0.0573. The van der Waals surface area contributed by atoms with Gasteiger partial charge in [0.1, 0.15) is 27.2 Å². The molecule has 4 N–H and O–H groups in total. The van der Waals surface area contributed by atoms with Gasteiger partial charge in [-0.05, 0) is 24.1 Å². The predicted molar refractivity (Wildman–Crippen MR) is 117 cm³/mol. The quantitative estimate of drug-likeness (QED) is 0.428. The van der Waals surface area contributed by atoms with E-state index in [0.29, 0.717) is 39.4 Å². The van der Waals surface area contributed by atoms with Gasteiger partial charge in [0, 0.05) is 10.9 Å². The van der Waals surface area contributed by atoms with Crippen LogP contribution in [0.4, 0.5) is 11.5 Å². The largest absolute Gasteiger partial charge is 0.493 e. The standard InChI is InChI=1S/C21H22N4O4S/c1-4-5-8-29-21(26)18-17(23)16-15(12(10-22)19(24)25-20(16)30-18)11-6-7-13(27-2)14(9-11)28-3/h6-7,9H,4-5,8,23H2,1-3H3,(H2,24,25). The van der Waals surface area contributed by atoms with Crippen LogP contribution in [0.1, 0.15) is 35.0 Å². The number of nitrogen functional groups attached to an aromatic ring is 2. The maximum Gasteiger partial charge on any atom is 0.350 e. The molecule has 0 unspecified atom stereocenters. The van der Waals surface area contributed by atoms with Gasteiger partial charge in [-0.1, -0.05) is 19.4 Å². The number of rotatable bonds is 7. The number of thiophene rings is 1. The monoisotopic (exact) mass is 426 g/mol. The molecule has 0 saturated carbocycles. The second-order valence-corrected chi connectivity index (χ2v) is 7.44. The molecule has 0 atom stereocenters. The van der Waals surface area contributed by atoms with Gasteiger partial charge in [0.15, 0.2) is 11.5 Å². The topological polar surface area (TPSA) is 133 Å². The van der Waals surface area contributed by atoms with Crippen LogP contribution in [-0.4, -0.2) is 31.8 Å². The highest BCUT2D eigenvalue weighted by Gasteiger charge is 2.25. The van der Waals surface area contributed by atoms with Crippen LogP contribution < -0.4 is 20.9 Å². The number of hydrogen-bond acceptors (Lipinski definition) is 9. The Morgan fingerprint density at radius 1 is 1.23 bits per heavy atom. The van der Waals surface area contributed by atoms with Crippen LogP contribution in [0.25, 0.3) is 21.3 Å². The zero-order valence-corrected chi connectivity index (χ0v) is 17.8. The van der Waals surface area contributed by atoms with E-state index in [1.165, 1.54) is 14.2 Å². The lowest BCUT2D eigenvalue weighted by Gasteiger charge is -2.13. The average Bonchev–Trinajstić information content (AvgIpc) is 3.08. The Bertz CT molecular complexity index is 1150. The molecule has 0 radical (unpaired) electrons. The van der Waals surface area contributed by atoms with Crippen molar-refractivity contribution in [1.82, 2.24) is 4.98 Å². The number of benzene rings is 1. The molecule has 0 saturated heterocycles. The lowest BCUT2D eigenvalue weighted by molar-refractivity contribution is 0.0506. The first-order valence-electron chi connectivity index (χ1n) is 9.27. The van der Waals surface area contributed by atoms with Crippen LogP contribution in [0, 0.1) is 11.3 Å². The number of nitrogens with zero attached hydrogens (tertiary/aromatic N) is 2. The second-order valence-electron chi connectivity index (χ2n) is 6.44. The van der Waals surface area contributed by atoms with Gasteiger partial charge in [0.25, 0.3) is 0 Å². The highest BCUT2D eigenvalue weighted by atomic mass is 32.1. The number of ether oxygens (including phenoxy) is 3. The Morgan fingerprint density at radius 2 is 1.97 bits per heavy atom. The summed E-state index contributed by atoms with van der Waals surface area (Å²) in [7, 11) is 3.06. The molecule has 9 heteroatoms. The van der Waals surface area contributed by atoms with E-state index in [9.17, 15) is 10.1 Å². The van der Waals surface area contributed by atoms with E-state index in [4.69, 9.17) is 25.7 Å². The number of fused-ring (bicyclic) bond motifs is 1. The smallest absolute Gasteiger partial charge is 0.350 e. The summed E-state index contributed by atoms with van der Waals surface area (Å²) in [5.41, 5.74) is 13.9. The minimum Gasteiger partial charge on any atom is -0.493 e. The Labute approximate surface area is 178 Å². The molecule has 3 rings (SSSR count). The number of nitrogens with two attached hydrogens (primary N) is 2. The molecule has 0 bridgehead atoms. The average molecular weight is 426 g/mol. The predicted octanol–water partition coefficient (Wildman–Crippen LogP) is 3.97. The fourth-order valence-electron chi connectivity index (χ4n) is 3.09. The summed E-state index contributed by atoms with van der Waals surface area (Å²) in [4.78, 5) is 17.5. The van der Waals surface area contributed by atoms with E-state index < -0.39 is 5.97 Å². The van der Waals surface area contributed by atoms with E-state index in [-0.39, 0.29) is 21.9 Å². The molecule has 0 aliphatic rings. The molecule has 0 amide bonds. The van der Waals surface area contributed by atoms with Crippen LogP contribution in [-0.2, 0) is 4.74 Å². The number of nitriles is 1. The van der Waals surface area contributed by atoms with E-state index in [1.54, 1.807) is 18.2 Å². The first-order chi connectivity index (χ1) is 14.5. The summed E-state index contributed by atoms with van der Waals surface area (Å²) < 4.78 is 16.0. The zero-order valence-electron chi connectivity index (χ0n) is 16.9. The Kier molecular flexibility index (Phi) is 6.28. The second kappa shape index (κ2) is 8.88. The van der Waals surface area contributed by atoms with Gasteiger partial charge in [-0.15, -0.1) is 11.3 Å². The number of carbonyl (C=O) groups excluding carboxylic acids is 1.